The van der Waals surface area contributed by atoms with Gasteiger partial charge in [-0.05, 0) is 36.2 Å². The summed E-state index contributed by atoms with van der Waals surface area (Å²) in [6.07, 6.45) is 1.39. The molecule has 0 spiro atoms. The number of fused-ring (bicyclic) bond motifs is 1. The smallest absolute Gasteiger partial charge is 0.221 e. The molecule has 0 amide bonds. The molecule has 0 unspecified atom stereocenters. The standard InChI is InChI=1S/C32H24FN3O/c1-21-16-17-26(32(33)35-21)27-18-29-28(19-30(27)37-2)34-20-36(29)31-24(22-10-5-3-6-11-22)14-9-15-25(31)23-12-7-4-8-13-23/h3-20H,1-2H3/i3D,4D,5D,6D,7D,8D,10D,11D,12D,13D. The Bertz CT molecular complexity index is 2140. The van der Waals surface area contributed by atoms with Crippen LogP contribution >= 0.6 is 0 Å². The van der Waals surface area contributed by atoms with Crippen LogP contribution in [0.3, 0.4) is 0 Å². The molecule has 0 saturated heterocycles. The minimum absolute atomic E-state index is 0.103. The summed E-state index contributed by atoms with van der Waals surface area (Å²) in [6, 6.07) is 5.40. The molecule has 6 rings (SSSR count). The van der Waals surface area contributed by atoms with E-state index in [0.717, 1.165) is 0 Å². The van der Waals surface area contributed by atoms with E-state index in [2.05, 4.69) is 9.97 Å². The van der Waals surface area contributed by atoms with Gasteiger partial charge in [0.05, 0.1) is 37.5 Å². The molecule has 5 heteroatoms. The fraction of sp³-hybridized carbons (Fsp3) is 0.0625. The van der Waals surface area contributed by atoms with Crippen molar-refractivity contribution in [2.45, 2.75) is 6.92 Å². The maximum atomic E-state index is 15.2. The third-order valence-corrected chi connectivity index (χ3v) is 5.96. The number of para-hydroxylation sites is 1. The summed E-state index contributed by atoms with van der Waals surface area (Å²) in [5.41, 5.74) is 1.61. The first-order valence-corrected chi connectivity index (χ1v) is 11.2. The van der Waals surface area contributed by atoms with E-state index in [4.69, 9.17) is 18.4 Å². The highest BCUT2D eigenvalue weighted by molar-refractivity contribution is 5.92. The molecule has 0 aliphatic heterocycles. The fourth-order valence-corrected chi connectivity index (χ4v) is 4.30. The number of rotatable bonds is 5. The van der Waals surface area contributed by atoms with Crippen molar-refractivity contribution in [2.24, 2.45) is 0 Å². The van der Waals surface area contributed by atoms with Crippen LogP contribution in [0.4, 0.5) is 4.39 Å². The van der Waals surface area contributed by atoms with Crippen LogP contribution in [0.15, 0.2) is 109 Å². The minimum Gasteiger partial charge on any atom is -0.496 e. The molecule has 4 nitrogen and oxygen atoms in total. The normalized spacial score (nSPS) is 14.9. The van der Waals surface area contributed by atoms with Crippen molar-refractivity contribution in [3.63, 3.8) is 0 Å². The number of ether oxygens (including phenoxy) is 1. The maximum absolute atomic E-state index is 15.2. The Morgan fingerprint density at radius 2 is 1.46 bits per heavy atom. The van der Waals surface area contributed by atoms with Crippen molar-refractivity contribution >= 4 is 11.0 Å². The van der Waals surface area contributed by atoms with Crippen LogP contribution in [0.5, 0.6) is 5.75 Å². The lowest BCUT2D eigenvalue weighted by Crippen LogP contribution is -2.00. The monoisotopic (exact) mass is 495 g/mol. The minimum atomic E-state index is -0.743. The second-order valence-electron chi connectivity index (χ2n) is 8.15. The van der Waals surface area contributed by atoms with Crippen LogP contribution in [0, 0.1) is 12.9 Å². The van der Waals surface area contributed by atoms with Gasteiger partial charge in [0.2, 0.25) is 5.95 Å². The first-order valence-electron chi connectivity index (χ1n) is 16.2. The van der Waals surface area contributed by atoms with Gasteiger partial charge in [0, 0.05) is 34.0 Å². The van der Waals surface area contributed by atoms with Gasteiger partial charge in [-0.2, -0.15) is 4.39 Å². The van der Waals surface area contributed by atoms with Gasteiger partial charge in [-0.15, -0.1) is 0 Å². The largest absolute Gasteiger partial charge is 0.496 e. The molecule has 0 saturated carbocycles. The zero-order chi connectivity index (χ0) is 34.1. The van der Waals surface area contributed by atoms with E-state index in [9.17, 15) is 0 Å². The molecule has 180 valence electrons. The summed E-state index contributed by atoms with van der Waals surface area (Å²) in [4.78, 5) is 8.45. The van der Waals surface area contributed by atoms with Crippen LogP contribution in [0.1, 0.15) is 19.4 Å². The van der Waals surface area contributed by atoms with E-state index >= 15 is 4.39 Å². The zero-order valence-corrected chi connectivity index (χ0v) is 19.7. The SMILES string of the molecule is [2H]c1c([2H])c([2H])c(-c2cccc(-c3c([2H])c([2H])c([2H])c([2H])c3[2H])c2-n2cnc3cc(OC)c(-c4ccc(C)nc4F)cc32)c([2H])c1[2H]. The number of benzene rings is 4. The molecule has 6 aromatic rings. The quantitative estimate of drug-likeness (QED) is 0.228. The van der Waals surface area contributed by atoms with E-state index < -0.39 is 66.4 Å². The average Bonchev–Trinajstić information content (AvgIpc) is 3.46. The van der Waals surface area contributed by atoms with Crippen molar-refractivity contribution in [1.82, 2.24) is 14.5 Å². The topological polar surface area (TPSA) is 39.9 Å². The second kappa shape index (κ2) is 9.36. The van der Waals surface area contributed by atoms with Gasteiger partial charge < -0.3 is 4.74 Å². The Morgan fingerprint density at radius 3 is 2.05 bits per heavy atom. The van der Waals surface area contributed by atoms with E-state index in [1.807, 2.05) is 0 Å². The lowest BCUT2D eigenvalue weighted by Gasteiger charge is -2.18. The van der Waals surface area contributed by atoms with Crippen molar-refractivity contribution in [3.8, 4) is 44.8 Å². The molecule has 0 N–H and O–H groups in total. The highest BCUT2D eigenvalue weighted by Gasteiger charge is 2.20. The van der Waals surface area contributed by atoms with E-state index in [0.29, 0.717) is 22.3 Å². The van der Waals surface area contributed by atoms with Crippen LogP contribution in [0.2, 0.25) is 0 Å². The molecule has 0 aliphatic rings. The molecule has 4 aromatic carbocycles. The van der Waals surface area contributed by atoms with Crippen LogP contribution in [0.25, 0.3) is 50.1 Å². The number of aromatic nitrogens is 3. The first-order chi connectivity index (χ1) is 22.3. The first kappa shape index (κ1) is 14.1. The van der Waals surface area contributed by atoms with Crippen LogP contribution in [-0.2, 0) is 0 Å². The summed E-state index contributed by atoms with van der Waals surface area (Å²) >= 11 is 0. The Hall–Kier alpha value is -4.77. The summed E-state index contributed by atoms with van der Waals surface area (Å²) in [6.45, 7) is 1.65. The number of nitrogens with zero attached hydrogens (tertiary/aromatic N) is 3. The van der Waals surface area contributed by atoms with Crippen molar-refractivity contribution in [2.75, 3.05) is 7.11 Å². The molecule has 0 fully saturated rings. The maximum Gasteiger partial charge on any atom is 0.221 e. The molecule has 0 radical (unpaired) electrons. The Kier molecular flexibility index (Phi) is 3.56. The molecular formula is C32H24FN3O. The van der Waals surface area contributed by atoms with Crippen molar-refractivity contribution in [3.05, 3.63) is 121 Å². The summed E-state index contributed by atoms with van der Waals surface area (Å²) in [7, 11) is 1.42. The summed E-state index contributed by atoms with van der Waals surface area (Å²) < 4.78 is 107. The Balaban J connectivity index is 1.79. The Morgan fingerprint density at radius 1 is 0.811 bits per heavy atom. The third kappa shape index (κ3) is 4.04. The van der Waals surface area contributed by atoms with E-state index in [-0.39, 0.29) is 39.3 Å². The van der Waals surface area contributed by atoms with Gasteiger partial charge in [-0.25, -0.2) is 9.97 Å². The lowest BCUT2D eigenvalue weighted by atomic mass is 9.95. The summed E-state index contributed by atoms with van der Waals surface area (Å²) in [5.74, 6) is -0.454. The Labute approximate surface area is 228 Å². The number of methoxy groups -OCH3 is 1. The van der Waals surface area contributed by atoms with Crippen molar-refractivity contribution in [1.29, 1.82) is 0 Å². The molecule has 0 atom stereocenters. The van der Waals surface area contributed by atoms with E-state index in [1.165, 1.54) is 36.2 Å². The molecule has 2 aromatic heterocycles. The zero-order valence-electron chi connectivity index (χ0n) is 29.7. The van der Waals surface area contributed by atoms with Gasteiger partial charge in [0.15, 0.2) is 0 Å². The third-order valence-electron chi connectivity index (χ3n) is 5.96. The number of imidazole rings is 1. The van der Waals surface area contributed by atoms with Crippen LogP contribution < -0.4 is 4.74 Å². The number of halogens is 1. The number of hydrogen-bond acceptors (Lipinski definition) is 3. The predicted molar refractivity (Wildman–Crippen MR) is 146 cm³/mol. The average molecular weight is 496 g/mol. The lowest BCUT2D eigenvalue weighted by molar-refractivity contribution is 0.416. The highest BCUT2D eigenvalue weighted by Crippen LogP contribution is 2.40. The van der Waals surface area contributed by atoms with Crippen molar-refractivity contribution < 1.29 is 22.8 Å². The fourth-order valence-electron chi connectivity index (χ4n) is 4.30. The van der Waals surface area contributed by atoms with Crippen LogP contribution in [-0.4, -0.2) is 21.6 Å². The highest BCUT2D eigenvalue weighted by atomic mass is 19.1. The predicted octanol–water partition coefficient (Wildman–Crippen LogP) is 7.88. The second-order valence-corrected chi connectivity index (χ2v) is 8.15. The molecule has 0 bridgehead atoms. The molecular weight excluding hydrogens is 461 g/mol. The van der Waals surface area contributed by atoms with Gasteiger partial charge in [0.25, 0.3) is 0 Å². The summed E-state index contributed by atoms with van der Waals surface area (Å²) in [5, 5.41) is 0. The number of aryl methyl sites for hydroxylation is 1. The van der Waals surface area contributed by atoms with Gasteiger partial charge >= 0.3 is 0 Å². The van der Waals surface area contributed by atoms with Gasteiger partial charge in [-0.3, -0.25) is 4.57 Å². The molecule has 0 aliphatic carbocycles. The van der Waals surface area contributed by atoms with E-state index in [1.54, 1.807) is 31.2 Å². The van der Waals surface area contributed by atoms with Gasteiger partial charge in [0.1, 0.15) is 12.1 Å². The number of pyridine rings is 1. The number of hydrogen-bond donors (Lipinski definition) is 0. The molecule has 37 heavy (non-hydrogen) atoms. The molecule has 2 heterocycles. The van der Waals surface area contributed by atoms with Gasteiger partial charge in [-0.1, -0.05) is 78.6 Å².